The van der Waals surface area contributed by atoms with E-state index in [1.165, 1.54) is 15.9 Å². The van der Waals surface area contributed by atoms with Crippen LogP contribution in [0.2, 0.25) is 5.02 Å². The zero-order valence-corrected chi connectivity index (χ0v) is 19.0. The lowest BCUT2D eigenvalue weighted by Gasteiger charge is -2.06. The van der Waals surface area contributed by atoms with E-state index >= 15 is 0 Å². The fourth-order valence-corrected chi connectivity index (χ4v) is 4.26. The summed E-state index contributed by atoms with van der Waals surface area (Å²) in [7, 11) is 0. The van der Waals surface area contributed by atoms with Gasteiger partial charge in [-0.15, -0.1) is 5.10 Å². The maximum absolute atomic E-state index is 12.8. The van der Waals surface area contributed by atoms with Gasteiger partial charge in [0.25, 0.3) is 5.56 Å². The van der Waals surface area contributed by atoms with Crippen molar-refractivity contribution in [3.8, 4) is 5.75 Å². The molecule has 0 aliphatic heterocycles. The predicted octanol–water partition coefficient (Wildman–Crippen LogP) is 5.10. The van der Waals surface area contributed by atoms with E-state index in [-0.39, 0.29) is 5.56 Å². The molecule has 0 bridgehead atoms. The molecule has 162 valence electrons. The van der Waals surface area contributed by atoms with E-state index in [0.29, 0.717) is 26.9 Å². The molecule has 3 aromatic carbocycles. The van der Waals surface area contributed by atoms with Crippen LogP contribution in [0.3, 0.4) is 0 Å². The van der Waals surface area contributed by atoms with Gasteiger partial charge in [-0.1, -0.05) is 83.6 Å². The Balaban J connectivity index is 1.31. The predicted molar refractivity (Wildman–Crippen MR) is 134 cm³/mol. The van der Waals surface area contributed by atoms with Crippen LogP contribution in [0.15, 0.2) is 83.7 Å². The number of hydrogen-bond acceptors (Lipinski definition) is 5. The highest BCUT2D eigenvalue weighted by Crippen LogP contribution is 2.15. The molecule has 0 aliphatic carbocycles. The van der Waals surface area contributed by atoms with Gasteiger partial charge in [0.2, 0.25) is 4.96 Å². The molecule has 0 aliphatic rings. The third-order valence-corrected chi connectivity index (χ3v) is 6.13. The van der Waals surface area contributed by atoms with Crippen LogP contribution >= 0.6 is 22.9 Å². The van der Waals surface area contributed by atoms with Gasteiger partial charge >= 0.3 is 0 Å². The molecule has 0 saturated carbocycles. The minimum atomic E-state index is -0.182. The van der Waals surface area contributed by atoms with E-state index in [0.717, 1.165) is 22.4 Å². The Morgan fingerprint density at radius 3 is 2.36 bits per heavy atom. The minimum Gasteiger partial charge on any atom is -0.489 e. The smallest absolute Gasteiger partial charge is 0.291 e. The molecule has 33 heavy (non-hydrogen) atoms. The highest BCUT2D eigenvalue weighted by Gasteiger charge is 2.09. The van der Waals surface area contributed by atoms with E-state index in [4.69, 9.17) is 16.3 Å². The SMILES string of the molecule is O=c1/c(=C\c2ccc(OCc3ccccc3)cc2)sc2nc(/C=C/c3ccc(Cl)cc3)nn12. The lowest BCUT2D eigenvalue weighted by molar-refractivity contribution is 0.306. The molecule has 0 fully saturated rings. The van der Waals surface area contributed by atoms with Gasteiger partial charge < -0.3 is 4.74 Å². The van der Waals surface area contributed by atoms with Crippen molar-refractivity contribution in [3.63, 3.8) is 0 Å². The fraction of sp³-hybridized carbons (Fsp3) is 0.0385. The molecule has 0 amide bonds. The highest BCUT2D eigenvalue weighted by atomic mass is 35.5. The zero-order valence-electron chi connectivity index (χ0n) is 17.4. The summed E-state index contributed by atoms with van der Waals surface area (Å²) in [6, 6.07) is 25.1. The minimum absolute atomic E-state index is 0.182. The normalized spacial score (nSPS) is 12.1. The van der Waals surface area contributed by atoms with Gasteiger partial charge in [-0.05, 0) is 53.1 Å². The van der Waals surface area contributed by atoms with Crippen molar-refractivity contribution in [2.24, 2.45) is 0 Å². The van der Waals surface area contributed by atoms with E-state index < -0.39 is 0 Å². The summed E-state index contributed by atoms with van der Waals surface area (Å²) in [5, 5.41) is 5.01. The molecule has 0 N–H and O–H groups in total. The largest absolute Gasteiger partial charge is 0.489 e. The van der Waals surface area contributed by atoms with Crippen LogP contribution in [0.25, 0.3) is 23.2 Å². The lowest BCUT2D eigenvalue weighted by Crippen LogP contribution is -2.23. The Labute approximate surface area is 198 Å². The second kappa shape index (κ2) is 9.40. The van der Waals surface area contributed by atoms with Crippen molar-refractivity contribution in [1.29, 1.82) is 0 Å². The van der Waals surface area contributed by atoms with Crippen molar-refractivity contribution < 1.29 is 4.74 Å². The molecule has 0 atom stereocenters. The zero-order chi connectivity index (χ0) is 22.6. The Bertz CT molecular complexity index is 1520. The van der Waals surface area contributed by atoms with Gasteiger partial charge in [0.1, 0.15) is 12.4 Å². The first-order valence-corrected chi connectivity index (χ1v) is 11.5. The Morgan fingerprint density at radius 1 is 0.909 bits per heavy atom. The van der Waals surface area contributed by atoms with Crippen molar-refractivity contribution in [2.75, 3.05) is 0 Å². The molecule has 5 nitrogen and oxygen atoms in total. The third kappa shape index (κ3) is 5.03. The van der Waals surface area contributed by atoms with E-state index in [1.807, 2.05) is 91.0 Å². The number of hydrogen-bond donors (Lipinski definition) is 0. The number of rotatable bonds is 6. The Kier molecular flexibility index (Phi) is 6.02. The molecule has 0 saturated heterocycles. The Morgan fingerprint density at radius 2 is 1.64 bits per heavy atom. The first-order chi connectivity index (χ1) is 16.1. The second-order valence-corrected chi connectivity index (χ2v) is 8.75. The van der Waals surface area contributed by atoms with Crippen molar-refractivity contribution in [1.82, 2.24) is 14.6 Å². The molecule has 7 heteroatoms. The number of aromatic nitrogens is 3. The molecule has 5 rings (SSSR count). The van der Waals surface area contributed by atoms with Crippen molar-refractivity contribution in [3.05, 3.63) is 121 Å². The monoisotopic (exact) mass is 471 g/mol. The van der Waals surface area contributed by atoms with Gasteiger partial charge in [-0.2, -0.15) is 9.50 Å². The summed E-state index contributed by atoms with van der Waals surface area (Å²) in [4.78, 5) is 17.8. The van der Waals surface area contributed by atoms with Gasteiger partial charge in [-0.3, -0.25) is 4.79 Å². The third-order valence-electron chi connectivity index (χ3n) is 4.92. The number of halogens is 1. The molecule has 5 aromatic rings. The molecular formula is C26H18ClN3O2S. The van der Waals surface area contributed by atoms with Crippen molar-refractivity contribution >= 4 is 46.1 Å². The molecule has 2 aromatic heterocycles. The molecule has 0 radical (unpaired) electrons. The second-order valence-electron chi connectivity index (χ2n) is 7.31. The van der Waals surface area contributed by atoms with Crippen molar-refractivity contribution in [2.45, 2.75) is 6.61 Å². The van der Waals surface area contributed by atoms with Gasteiger partial charge in [0.05, 0.1) is 4.53 Å². The summed E-state index contributed by atoms with van der Waals surface area (Å²) >= 11 is 7.22. The van der Waals surface area contributed by atoms with Crippen LogP contribution in [0.5, 0.6) is 5.75 Å². The molecule has 2 heterocycles. The van der Waals surface area contributed by atoms with E-state index in [9.17, 15) is 4.79 Å². The highest BCUT2D eigenvalue weighted by molar-refractivity contribution is 7.15. The first kappa shape index (κ1) is 21.1. The topological polar surface area (TPSA) is 56.5 Å². The van der Waals surface area contributed by atoms with Crippen LogP contribution in [0, 0.1) is 0 Å². The van der Waals surface area contributed by atoms with Crippen LogP contribution in [0.4, 0.5) is 0 Å². The summed E-state index contributed by atoms with van der Waals surface area (Å²) < 4.78 is 7.74. The van der Waals surface area contributed by atoms with Crippen LogP contribution in [0.1, 0.15) is 22.5 Å². The maximum Gasteiger partial charge on any atom is 0.291 e. The average Bonchev–Trinajstić information content (AvgIpc) is 3.37. The van der Waals surface area contributed by atoms with Gasteiger partial charge in [0.15, 0.2) is 5.82 Å². The summed E-state index contributed by atoms with van der Waals surface area (Å²) in [5.74, 6) is 1.26. The van der Waals surface area contributed by atoms with Gasteiger partial charge in [-0.25, -0.2) is 0 Å². The Hall–Kier alpha value is -3.74. The molecule has 0 spiro atoms. The average molecular weight is 472 g/mol. The summed E-state index contributed by atoms with van der Waals surface area (Å²) in [6.07, 6.45) is 5.50. The van der Waals surface area contributed by atoms with Gasteiger partial charge in [0, 0.05) is 5.02 Å². The molecular weight excluding hydrogens is 454 g/mol. The standard InChI is InChI=1S/C26H18ClN3O2S/c27-21-11-6-18(7-12-21)10-15-24-28-26-30(29-24)25(31)23(33-26)16-19-8-13-22(14-9-19)32-17-20-4-2-1-3-5-20/h1-16H,17H2/b15-10+,23-16+. The number of benzene rings is 3. The number of fused-ring (bicyclic) bond motifs is 1. The van der Waals surface area contributed by atoms with Crippen LogP contribution in [-0.2, 0) is 6.61 Å². The fourth-order valence-electron chi connectivity index (χ4n) is 3.22. The first-order valence-electron chi connectivity index (χ1n) is 10.3. The molecule has 0 unspecified atom stereocenters. The number of ether oxygens (including phenoxy) is 1. The number of thiazole rings is 1. The number of nitrogens with zero attached hydrogens (tertiary/aromatic N) is 3. The quantitative estimate of drug-likeness (QED) is 0.345. The van der Waals surface area contributed by atoms with E-state index in [1.54, 1.807) is 6.08 Å². The van der Waals surface area contributed by atoms with Crippen LogP contribution < -0.4 is 14.8 Å². The summed E-state index contributed by atoms with van der Waals surface area (Å²) in [6.45, 7) is 0.511. The lowest BCUT2D eigenvalue weighted by atomic mass is 10.2. The summed E-state index contributed by atoms with van der Waals surface area (Å²) in [5.41, 5.74) is 2.82. The van der Waals surface area contributed by atoms with E-state index in [2.05, 4.69) is 10.1 Å². The maximum atomic E-state index is 12.8. The van der Waals surface area contributed by atoms with Crippen LogP contribution in [-0.4, -0.2) is 14.6 Å².